The zero-order valence-corrected chi connectivity index (χ0v) is 18.3. The molecular weight excluding hydrogens is 424 g/mol. The summed E-state index contributed by atoms with van der Waals surface area (Å²) in [7, 11) is 0. The van der Waals surface area contributed by atoms with Crippen molar-refractivity contribution < 1.29 is 19.2 Å². The molecule has 0 spiro atoms. The van der Waals surface area contributed by atoms with Crippen molar-refractivity contribution in [2.24, 2.45) is 0 Å². The van der Waals surface area contributed by atoms with Gasteiger partial charge in [0.05, 0.1) is 34.1 Å². The maximum Gasteiger partial charge on any atom is 0.278 e. The first-order chi connectivity index (χ1) is 15.7. The van der Waals surface area contributed by atoms with Gasteiger partial charge in [-0.25, -0.2) is 0 Å². The Labute approximate surface area is 189 Å². The van der Waals surface area contributed by atoms with E-state index in [9.17, 15) is 20.0 Å². The monoisotopic (exact) mass is 448 g/mol. The van der Waals surface area contributed by atoms with Gasteiger partial charge in [-0.15, -0.1) is 0 Å². The number of carbonyl (C=O) groups excluding carboxylic acids is 1. The van der Waals surface area contributed by atoms with Crippen LogP contribution in [0.2, 0.25) is 0 Å². The third-order valence-electron chi connectivity index (χ3n) is 5.31. The number of hydrogen-bond donors (Lipinski definition) is 2. The molecule has 0 aliphatic rings. The number of fused-ring (bicyclic) bond motifs is 1. The first kappa shape index (κ1) is 22.2. The van der Waals surface area contributed by atoms with Crippen molar-refractivity contribution >= 4 is 22.5 Å². The molecule has 4 rings (SSSR count). The van der Waals surface area contributed by atoms with Crippen LogP contribution in [-0.2, 0) is 13.1 Å². The molecule has 33 heavy (non-hydrogen) atoms. The molecule has 0 bridgehead atoms. The number of hydrogen-bond acceptors (Lipinski definition) is 6. The van der Waals surface area contributed by atoms with Gasteiger partial charge in [0, 0.05) is 41.9 Å². The van der Waals surface area contributed by atoms with Gasteiger partial charge in [0.25, 0.3) is 11.6 Å². The second-order valence-corrected chi connectivity index (χ2v) is 8.53. The molecule has 0 aliphatic heterocycles. The van der Waals surface area contributed by atoms with Crippen LogP contribution in [0, 0.1) is 10.1 Å². The van der Waals surface area contributed by atoms with Crippen LogP contribution >= 0.6 is 0 Å². The van der Waals surface area contributed by atoms with Crippen LogP contribution < -0.4 is 5.32 Å². The third kappa shape index (κ3) is 5.27. The molecule has 0 atom stereocenters. The van der Waals surface area contributed by atoms with Gasteiger partial charge in [-0.05, 0) is 50.1 Å². The Bertz CT molecular complexity index is 1290. The molecule has 0 saturated carbocycles. The topological polar surface area (TPSA) is 123 Å². The molecule has 9 nitrogen and oxygen atoms in total. The van der Waals surface area contributed by atoms with Crippen LogP contribution in [0.4, 0.5) is 5.69 Å². The summed E-state index contributed by atoms with van der Waals surface area (Å²) in [5.41, 5.74) is 2.08. The minimum Gasteiger partial charge on any atom is -0.472 e. The second kappa shape index (κ2) is 8.87. The molecule has 2 heterocycles. The molecule has 2 aromatic heterocycles. The number of aliphatic hydroxyl groups is 1. The Balaban J connectivity index is 1.58. The van der Waals surface area contributed by atoms with E-state index >= 15 is 0 Å². The molecule has 4 aromatic rings. The van der Waals surface area contributed by atoms with E-state index in [1.165, 1.54) is 12.3 Å². The molecule has 0 fully saturated rings. The van der Waals surface area contributed by atoms with Gasteiger partial charge in [0.1, 0.15) is 0 Å². The van der Waals surface area contributed by atoms with Gasteiger partial charge >= 0.3 is 0 Å². The fraction of sp³-hybridized carbons (Fsp3) is 0.250. The van der Waals surface area contributed by atoms with Crippen molar-refractivity contribution in [3.8, 4) is 11.1 Å². The van der Waals surface area contributed by atoms with Crippen LogP contribution in [0.5, 0.6) is 0 Å². The molecule has 0 saturated heterocycles. The molecule has 2 N–H and O–H groups in total. The van der Waals surface area contributed by atoms with Crippen molar-refractivity contribution in [2.45, 2.75) is 39.0 Å². The summed E-state index contributed by atoms with van der Waals surface area (Å²) in [5.74, 6) is -0.252. The van der Waals surface area contributed by atoms with E-state index < -0.39 is 10.5 Å². The Kier molecular flexibility index (Phi) is 5.97. The van der Waals surface area contributed by atoms with Gasteiger partial charge in [0.2, 0.25) is 0 Å². The molecule has 0 unspecified atom stereocenters. The average Bonchev–Trinajstić information content (AvgIpc) is 3.44. The van der Waals surface area contributed by atoms with Crippen LogP contribution in [0.25, 0.3) is 22.0 Å². The quantitative estimate of drug-likeness (QED) is 0.306. The number of furan rings is 1. The maximum absolute atomic E-state index is 12.4. The first-order valence-electron chi connectivity index (χ1n) is 10.5. The lowest BCUT2D eigenvalue weighted by molar-refractivity contribution is -0.384. The SMILES string of the molecule is CC(C)(O)CCn1cc2cc([N+](=O)[O-])c(-c3ccc(C(=O)NCc4ccoc4)cc3)cc2n1. The smallest absolute Gasteiger partial charge is 0.278 e. The van der Waals surface area contributed by atoms with E-state index in [0.29, 0.717) is 47.1 Å². The standard InChI is InChI=1S/C24H24N4O5/c1-24(2,30)8-9-27-14-19-11-22(28(31)32)20(12-21(19)26-27)17-3-5-18(6-4-17)23(29)25-13-16-7-10-33-15-16/h3-7,10-12,14-15,30H,8-9,13H2,1-2H3,(H,25,29). The maximum atomic E-state index is 12.4. The van der Waals surface area contributed by atoms with Crippen LogP contribution in [0.1, 0.15) is 36.2 Å². The van der Waals surface area contributed by atoms with Crippen molar-refractivity contribution in [1.29, 1.82) is 0 Å². The number of benzene rings is 2. The Morgan fingerprint density at radius 2 is 2.00 bits per heavy atom. The molecule has 2 aromatic carbocycles. The number of nitrogens with zero attached hydrogens (tertiary/aromatic N) is 3. The number of amides is 1. The van der Waals surface area contributed by atoms with Gasteiger partial charge in [-0.3, -0.25) is 19.6 Å². The highest BCUT2D eigenvalue weighted by Crippen LogP contribution is 2.34. The normalized spacial score (nSPS) is 11.6. The van der Waals surface area contributed by atoms with Crippen molar-refractivity contribution in [2.75, 3.05) is 0 Å². The van der Waals surface area contributed by atoms with Crippen LogP contribution in [-0.4, -0.2) is 31.3 Å². The number of aromatic nitrogens is 2. The summed E-state index contributed by atoms with van der Waals surface area (Å²) in [6.07, 6.45) is 5.34. The number of aryl methyl sites for hydroxylation is 1. The van der Waals surface area contributed by atoms with Gasteiger partial charge < -0.3 is 14.8 Å². The van der Waals surface area contributed by atoms with E-state index in [1.807, 2.05) is 0 Å². The molecule has 0 aliphatic carbocycles. The van der Waals surface area contributed by atoms with Crippen molar-refractivity contribution in [3.63, 3.8) is 0 Å². The van der Waals surface area contributed by atoms with Crippen molar-refractivity contribution in [1.82, 2.24) is 15.1 Å². The van der Waals surface area contributed by atoms with Gasteiger partial charge in [-0.2, -0.15) is 5.10 Å². The predicted molar refractivity (Wildman–Crippen MR) is 123 cm³/mol. The van der Waals surface area contributed by atoms with Crippen LogP contribution in [0.15, 0.2) is 65.6 Å². The molecule has 9 heteroatoms. The highest BCUT2D eigenvalue weighted by atomic mass is 16.6. The highest BCUT2D eigenvalue weighted by Gasteiger charge is 2.20. The summed E-state index contributed by atoms with van der Waals surface area (Å²) >= 11 is 0. The fourth-order valence-corrected chi connectivity index (χ4v) is 3.47. The lowest BCUT2D eigenvalue weighted by atomic mass is 10.0. The Morgan fingerprint density at radius 1 is 1.24 bits per heavy atom. The molecule has 0 radical (unpaired) electrons. The average molecular weight is 448 g/mol. The third-order valence-corrected chi connectivity index (χ3v) is 5.31. The second-order valence-electron chi connectivity index (χ2n) is 8.53. The summed E-state index contributed by atoms with van der Waals surface area (Å²) in [4.78, 5) is 23.7. The van der Waals surface area contributed by atoms with Crippen molar-refractivity contribution in [3.05, 3.63) is 82.4 Å². The number of nitro groups is 1. The molecule has 170 valence electrons. The minimum absolute atomic E-state index is 0.0401. The van der Waals surface area contributed by atoms with E-state index in [1.54, 1.807) is 67.4 Å². The van der Waals surface area contributed by atoms with E-state index in [-0.39, 0.29) is 11.6 Å². The van der Waals surface area contributed by atoms with E-state index in [0.717, 1.165) is 5.56 Å². The Hall–Kier alpha value is -3.98. The summed E-state index contributed by atoms with van der Waals surface area (Å²) in [6, 6.07) is 11.6. The Morgan fingerprint density at radius 3 is 2.64 bits per heavy atom. The summed E-state index contributed by atoms with van der Waals surface area (Å²) in [5, 5.41) is 29.7. The number of carbonyl (C=O) groups is 1. The number of nitro benzene ring substituents is 1. The van der Waals surface area contributed by atoms with Gasteiger partial charge in [-0.1, -0.05) is 12.1 Å². The number of nitrogens with one attached hydrogen (secondary N) is 1. The largest absolute Gasteiger partial charge is 0.472 e. The minimum atomic E-state index is -0.831. The van der Waals surface area contributed by atoms with Gasteiger partial charge in [0.15, 0.2) is 0 Å². The number of rotatable bonds is 8. The zero-order valence-electron chi connectivity index (χ0n) is 18.3. The van der Waals surface area contributed by atoms with Crippen LogP contribution in [0.3, 0.4) is 0 Å². The zero-order chi connectivity index (χ0) is 23.6. The summed E-state index contributed by atoms with van der Waals surface area (Å²) in [6.45, 7) is 4.28. The van der Waals surface area contributed by atoms with E-state index in [2.05, 4.69) is 10.4 Å². The highest BCUT2D eigenvalue weighted by molar-refractivity contribution is 5.95. The lowest BCUT2D eigenvalue weighted by Gasteiger charge is -2.16. The predicted octanol–water partition coefficient (Wildman–Crippen LogP) is 4.30. The molecule has 1 amide bonds. The first-order valence-corrected chi connectivity index (χ1v) is 10.5. The fourth-order valence-electron chi connectivity index (χ4n) is 3.47. The summed E-state index contributed by atoms with van der Waals surface area (Å²) < 4.78 is 6.67. The molecular formula is C24H24N4O5. The van der Waals surface area contributed by atoms with E-state index in [4.69, 9.17) is 4.42 Å². The lowest BCUT2D eigenvalue weighted by Crippen LogP contribution is -2.22.